The number of hydrogen-bond donors (Lipinski definition) is 0. The summed E-state index contributed by atoms with van der Waals surface area (Å²) in [6, 6.07) is 16.4. The van der Waals surface area contributed by atoms with E-state index in [4.69, 9.17) is 6.42 Å². The fourth-order valence-electron chi connectivity index (χ4n) is 1.88. The smallest absolute Gasteiger partial charge is 0.0243 e. The quantitative estimate of drug-likeness (QED) is 0.538. The predicted molar refractivity (Wildman–Crippen MR) is 73.7 cm³/mol. The van der Waals surface area contributed by atoms with E-state index >= 15 is 0 Å². The Morgan fingerprint density at radius 1 is 1.06 bits per heavy atom. The van der Waals surface area contributed by atoms with Gasteiger partial charge < -0.3 is 0 Å². The van der Waals surface area contributed by atoms with Gasteiger partial charge in [0, 0.05) is 5.56 Å². The minimum atomic E-state index is 0.882. The molecule has 0 N–H and O–H groups in total. The molecule has 2 aromatic carbocycles. The molecule has 0 atom stereocenters. The molecule has 0 radical (unpaired) electrons. The van der Waals surface area contributed by atoms with Crippen LogP contribution in [0.3, 0.4) is 0 Å². The van der Waals surface area contributed by atoms with Gasteiger partial charge in [0.05, 0.1) is 0 Å². The molecule has 0 aliphatic heterocycles. The molecule has 0 nitrogen and oxygen atoms in total. The van der Waals surface area contributed by atoms with Gasteiger partial charge in [0.1, 0.15) is 0 Å². The lowest BCUT2D eigenvalue weighted by Crippen LogP contribution is -1.87. The molecule has 17 heavy (non-hydrogen) atoms. The zero-order valence-corrected chi connectivity index (χ0v) is 9.69. The van der Waals surface area contributed by atoms with E-state index < -0.39 is 0 Å². The zero-order chi connectivity index (χ0) is 12.1. The van der Waals surface area contributed by atoms with Crippen molar-refractivity contribution in [2.45, 2.75) is 6.42 Å². The highest BCUT2D eigenvalue weighted by Gasteiger charge is 2.02. The summed E-state index contributed by atoms with van der Waals surface area (Å²) < 4.78 is 0. The summed E-state index contributed by atoms with van der Waals surface area (Å²) in [6.07, 6.45) is 8.16. The normalized spacial score (nSPS) is 9.59. The van der Waals surface area contributed by atoms with E-state index in [9.17, 15) is 0 Å². The summed E-state index contributed by atoms with van der Waals surface area (Å²) in [5, 5.41) is 0. The third-order valence-corrected chi connectivity index (χ3v) is 2.74. The fraction of sp³-hybridized carbons (Fsp3) is 0.0588. The highest BCUT2D eigenvalue weighted by molar-refractivity contribution is 5.68. The van der Waals surface area contributed by atoms with Crippen molar-refractivity contribution in [1.82, 2.24) is 0 Å². The molecule has 0 heterocycles. The largest absolute Gasteiger partial charge is 0.115 e. The minimum Gasteiger partial charge on any atom is -0.115 e. The highest BCUT2D eigenvalue weighted by Crippen LogP contribution is 2.24. The Kier molecular flexibility index (Phi) is 3.43. The van der Waals surface area contributed by atoms with Crippen molar-refractivity contribution in [3.05, 3.63) is 72.3 Å². The second-order valence-corrected chi connectivity index (χ2v) is 3.87. The van der Waals surface area contributed by atoms with E-state index in [1.165, 1.54) is 16.7 Å². The Bertz CT molecular complexity index is 553. The Morgan fingerprint density at radius 3 is 2.41 bits per heavy atom. The Morgan fingerprint density at radius 2 is 1.76 bits per heavy atom. The number of hydrogen-bond acceptors (Lipinski definition) is 0. The van der Waals surface area contributed by atoms with Crippen molar-refractivity contribution in [3.63, 3.8) is 0 Å². The molecule has 0 fully saturated rings. The molecule has 0 aliphatic carbocycles. The van der Waals surface area contributed by atoms with Gasteiger partial charge in [0.25, 0.3) is 0 Å². The van der Waals surface area contributed by atoms with Gasteiger partial charge in [-0.2, -0.15) is 0 Å². The molecule has 0 spiro atoms. The molecular weight excluding hydrogens is 204 g/mol. The molecule has 0 bridgehead atoms. The fourth-order valence-corrected chi connectivity index (χ4v) is 1.88. The van der Waals surface area contributed by atoms with Crippen LogP contribution in [-0.2, 0) is 6.42 Å². The van der Waals surface area contributed by atoms with Gasteiger partial charge in [0.2, 0.25) is 0 Å². The van der Waals surface area contributed by atoms with E-state index in [1.54, 1.807) is 0 Å². The van der Waals surface area contributed by atoms with Crippen LogP contribution in [0.1, 0.15) is 11.1 Å². The van der Waals surface area contributed by atoms with Crippen LogP contribution in [0, 0.1) is 12.3 Å². The first-order valence-electron chi connectivity index (χ1n) is 5.61. The van der Waals surface area contributed by atoms with Crippen molar-refractivity contribution in [2.75, 3.05) is 0 Å². The van der Waals surface area contributed by atoms with Gasteiger partial charge in [-0.25, -0.2) is 0 Å². The molecule has 2 rings (SSSR count). The predicted octanol–water partition coefficient (Wildman–Crippen LogP) is 4.06. The maximum atomic E-state index is 5.35. The maximum absolute atomic E-state index is 5.35. The molecule has 2 aromatic rings. The summed E-state index contributed by atoms with van der Waals surface area (Å²) in [4.78, 5) is 0. The number of benzene rings is 2. The molecule has 0 heteroatoms. The SMILES string of the molecule is C#Cc1ccc(-c2ccccc2CC=C)cc1. The van der Waals surface area contributed by atoms with E-state index in [-0.39, 0.29) is 0 Å². The lowest BCUT2D eigenvalue weighted by atomic mass is 9.97. The summed E-state index contributed by atoms with van der Waals surface area (Å²) >= 11 is 0. The number of terminal acetylenes is 1. The first kappa shape index (κ1) is 11.2. The van der Waals surface area contributed by atoms with Crippen LogP contribution in [0.25, 0.3) is 11.1 Å². The molecule has 0 saturated heterocycles. The van der Waals surface area contributed by atoms with Crippen LogP contribution in [0.2, 0.25) is 0 Å². The van der Waals surface area contributed by atoms with Gasteiger partial charge in [-0.1, -0.05) is 48.4 Å². The molecule has 82 valence electrons. The van der Waals surface area contributed by atoms with Crippen molar-refractivity contribution >= 4 is 0 Å². The van der Waals surface area contributed by atoms with E-state index in [2.05, 4.69) is 48.9 Å². The number of rotatable bonds is 3. The third-order valence-electron chi connectivity index (χ3n) is 2.74. The van der Waals surface area contributed by atoms with Crippen molar-refractivity contribution in [2.24, 2.45) is 0 Å². The molecule has 0 aromatic heterocycles. The zero-order valence-electron chi connectivity index (χ0n) is 9.69. The van der Waals surface area contributed by atoms with Gasteiger partial charge >= 0.3 is 0 Å². The van der Waals surface area contributed by atoms with Crippen molar-refractivity contribution in [3.8, 4) is 23.5 Å². The average Bonchev–Trinajstić information content (AvgIpc) is 2.40. The summed E-state index contributed by atoms with van der Waals surface area (Å²) in [5.41, 5.74) is 4.64. The molecular formula is C17H14. The topological polar surface area (TPSA) is 0 Å². The molecule has 0 saturated carbocycles. The van der Waals surface area contributed by atoms with Crippen LogP contribution < -0.4 is 0 Å². The second-order valence-electron chi connectivity index (χ2n) is 3.87. The molecule has 0 amide bonds. The average molecular weight is 218 g/mol. The standard InChI is InChI=1S/C17H14/c1-3-7-15-8-5-6-9-17(15)16-12-10-14(4-2)11-13-16/h2-3,5-6,8-13H,1,7H2. The van der Waals surface area contributed by atoms with Gasteiger partial charge in [-0.05, 0) is 35.2 Å². The summed E-state index contributed by atoms with van der Waals surface area (Å²) in [7, 11) is 0. The monoisotopic (exact) mass is 218 g/mol. The lowest BCUT2D eigenvalue weighted by Gasteiger charge is -2.07. The summed E-state index contributed by atoms with van der Waals surface area (Å²) in [5.74, 6) is 2.63. The first-order chi connectivity index (χ1) is 8.35. The van der Waals surface area contributed by atoms with E-state index in [0.29, 0.717) is 0 Å². The maximum Gasteiger partial charge on any atom is 0.0243 e. The van der Waals surface area contributed by atoms with Crippen LogP contribution >= 0.6 is 0 Å². The Balaban J connectivity index is 2.45. The van der Waals surface area contributed by atoms with Gasteiger partial charge in [-0.3, -0.25) is 0 Å². The van der Waals surface area contributed by atoms with Crippen molar-refractivity contribution in [1.29, 1.82) is 0 Å². The summed E-state index contributed by atoms with van der Waals surface area (Å²) in [6.45, 7) is 3.79. The Labute approximate surface area is 103 Å². The second kappa shape index (κ2) is 5.18. The highest BCUT2D eigenvalue weighted by atomic mass is 14.1. The van der Waals surface area contributed by atoms with Crippen LogP contribution in [0.4, 0.5) is 0 Å². The minimum absolute atomic E-state index is 0.882. The Hall–Kier alpha value is -2.26. The van der Waals surface area contributed by atoms with Crippen LogP contribution in [0.15, 0.2) is 61.2 Å². The van der Waals surface area contributed by atoms with Gasteiger partial charge in [0.15, 0.2) is 0 Å². The van der Waals surface area contributed by atoms with E-state index in [1.807, 2.05) is 18.2 Å². The molecule has 0 unspecified atom stereocenters. The van der Waals surface area contributed by atoms with E-state index in [0.717, 1.165) is 12.0 Å². The third kappa shape index (κ3) is 2.46. The van der Waals surface area contributed by atoms with Gasteiger partial charge in [-0.15, -0.1) is 13.0 Å². The van der Waals surface area contributed by atoms with Crippen LogP contribution in [0.5, 0.6) is 0 Å². The first-order valence-corrected chi connectivity index (χ1v) is 5.61. The van der Waals surface area contributed by atoms with Crippen LogP contribution in [-0.4, -0.2) is 0 Å². The number of allylic oxidation sites excluding steroid dienone is 1. The van der Waals surface area contributed by atoms with Crippen molar-refractivity contribution < 1.29 is 0 Å². The molecule has 0 aliphatic rings. The lowest BCUT2D eigenvalue weighted by molar-refractivity contribution is 1.28.